The highest BCUT2D eigenvalue weighted by Crippen LogP contribution is 2.23. The van der Waals surface area contributed by atoms with Crippen LogP contribution in [0, 0.1) is 0 Å². The quantitative estimate of drug-likeness (QED) is 0.607. The molecular formula is C16H15BrO2. The van der Waals surface area contributed by atoms with Crippen molar-refractivity contribution in [2.24, 2.45) is 0 Å². The van der Waals surface area contributed by atoms with Crippen LogP contribution in [-0.2, 0) is 6.42 Å². The Balaban J connectivity index is 2.22. The SMILES string of the molecule is CCCc1ccccc1OC(=O)c1ccccc1Br. The largest absolute Gasteiger partial charge is 0.423 e. The van der Waals surface area contributed by atoms with Gasteiger partial charge in [-0.15, -0.1) is 0 Å². The fourth-order valence-corrected chi connectivity index (χ4v) is 2.31. The second-order valence-corrected chi connectivity index (χ2v) is 5.08. The van der Waals surface area contributed by atoms with Crippen LogP contribution >= 0.6 is 15.9 Å². The van der Waals surface area contributed by atoms with Crippen molar-refractivity contribution in [3.8, 4) is 5.75 Å². The Morgan fingerprint density at radius 2 is 1.79 bits per heavy atom. The summed E-state index contributed by atoms with van der Waals surface area (Å²) < 4.78 is 6.24. The van der Waals surface area contributed by atoms with Gasteiger partial charge in [-0.1, -0.05) is 43.7 Å². The molecule has 0 aliphatic rings. The Hall–Kier alpha value is -1.61. The molecule has 0 aliphatic carbocycles. The number of halogens is 1. The van der Waals surface area contributed by atoms with Crippen molar-refractivity contribution >= 4 is 21.9 Å². The predicted octanol–water partition coefficient (Wildman–Crippen LogP) is 4.62. The molecule has 3 heteroatoms. The van der Waals surface area contributed by atoms with E-state index in [-0.39, 0.29) is 5.97 Å². The van der Waals surface area contributed by atoms with Gasteiger partial charge in [0.25, 0.3) is 0 Å². The first-order valence-electron chi connectivity index (χ1n) is 6.27. The van der Waals surface area contributed by atoms with Gasteiger partial charge in [-0.05, 0) is 46.1 Å². The van der Waals surface area contributed by atoms with Gasteiger partial charge in [-0.3, -0.25) is 0 Å². The number of esters is 1. The average molecular weight is 319 g/mol. The molecule has 0 spiro atoms. The van der Waals surface area contributed by atoms with Crippen LogP contribution < -0.4 is 4.74 Å². The first-order valence-corrected chi connectivity index (χ1v) is 7.06. The minimum atomic E-state index is -0.337. The number of para-hydroxylation sites is 1. The summed E-state index contributed by atoms with van der Waals surface area (Å²) in [6.45, 7) is 2.10. The summed E-state index contributed by atoms with van der Waals surface area (Å²) in [5.41, 5.74) is 1.60. The van der Waals surface area contributed by atoms with Crippen LogP contribution in [0.15, 0.2) is 53.0 Å². The Kier molecular flexibility index (Phi) is 4.74. The van der Waals surface area contributed by atoms with E-state index in [9.17, 15) is 4.79 Å². The van der Waals surface area contributed by atoms with E-state index in [0.29, 0.717) is 11.3 Å². The van der Waals surface area contributed by atoms with Gasteiger partial charge in [-0.2, -0.15) is 0 Å². The molecule has 0 amide bonds. The zero-order valence-corrected chi connectivity index (χ0v) is 12.3. The topological polar surface area (TPSA) is 26.3 Å². The molecular weight excluding hydrogens is 304 g/mol. The van der Waals surface area contributed by atoms with E-state index in [4.69, 9.17) is 4.74 Å². The minimum Gasteiger partial charge on any atom is -0.423 e. The van der Waals surface area contributed by atoms with Crippen LogP contribution in [0.4, 0.5) is 0 Å². The zero-order chi connectivity index (χ0) is 13.7. The third kappa shape index (κ3) is 3.44. The van der Waals surface area contributed by atoms with Crippen LogP contribution in [0.3, 0.4) is 0 Å². The van der Waals surface area contributed by atoms with Crippen molar-refractivity contribution in [2.75, 3.05) is 0 Å². The van der Waals surface area contributed by atoms with E-state index in [0.717, 1.165) is 22.9 Å². The van der Waals surface area contributed by atoms with Crippen molar-refractivity contribution in [3.05, 3.63) is 64.1 Å². The van der Waals surface area contributed by atoms with Crippen LogP contribution in [0.1, 0.15) is 29.3 Å². The van der Waals surface area contributed by atoms with E-state index in [2.05, 4.69) is 22.9 Å². The van der Waals surface area contributed by atoms with Gasteiger partial charge in [0, 0.05) is 4.47 Å². The van der Waals surface area contributed by atoms with Crippen LogP contribution in [0.2, 0.25) is 0 Å². The first-order chi connectivity index (χ1) is 9.22. The lowest BCUT2D eigenvalue weighted by atomic mass is 10.1. The second kappa shape index (κ2) is 6.53. The third-order valence-corrected chi connectivity index (χ3v) is 3.48. The standard InChI is InChI=1S/C16H15BrO2/c1-2-7-12-8-3-6-11-15(12)19-16(18)13-9-4-5-10-14(13)17/h3-6,8-11H,2,7H2,1H3. The Morgan fingerprint density at radius 1 is 1.11 bits per heavy atom. The number of hydrogen-bond donors (Lipinski definition) is 0. The highest BCUT2D eigenvalue weighted by molar-refractivity contribution is 9.10. The fraction of sp³-hybridized carbons (Fsp3) is 0.188. The van der Waals surface area contributed by atoms with Crippen LogP contribution in [0.5, 0.6) is 5.75 Å². The molecule has 0 unspecified atom stereocenters. The van der Waals surface area contributed by atoms with Gasteiger partial charge >= 0.3 is 5.97 Å². The monoisotopic (exact) mass is 318 g/mol. The van der Waals surface area contributed by atoms with Crippen molar-refractivity contribution in [2.45, 2.75) is 19.8 Å². The van der Waals surface area contributed by atoms with E-state index in [1.165, 1.54) is 0 Å². The molecule has 2 aromatic carbocycles. The van der Waals surface area contributed by atoms with Crippen molar-refractivity contribution in [1.82, 2.24) is 0 Å². The van der Waals surface area contributed by atoms with Crippen molar-refractivity contribution in [1.29, 1.82) is 0 Å². The highest BCUT2D eigenvalue weighted by Gasteiger charge is 2.13. The number of aryl methyl sites for hydroxylation is 1. The molecule has 19 heavy (non-hydrogen) atoms. The van der Waals surface area contributed by atoms with Gasteiger partial charge in [0.2, 0.25) is 0 Å². The number of hydrogen-bond acceptors (Lipinski definition) is 2. The van der Waals surface area contributed by atoms with E-state index < -0.39 is 0 Å². The van der Waals surface area contributed by atoms with Gasteiger partial charge in [0.1, 0.15) is 5.75 Å². The number of carbonyl (C=O) groups excluding carboxylic acids is 1. The molecule has 0 radical (unpaired) electrons. The molecule has 98 valence electrons. The maximum Gasteiger partial charge on any atom is 0.344 e. The molecule has 0 saturated carbocycles. The lowest BCUT2D eigenvalue weighted by Gasteiger charge is -2.10. The molecule has 0 N–H and O–H groups in total. The smallest absolute Gasteiger partial charge is 0.344 e. The summed E-state index contributed by atoms with van der Waals surface area (Å²) in [5.74, 6) is 0.307. The minimum absolute atomic E-state index is 0.337. The summed E-state index contributed by atoms with van der Waals surface area (Å²) in [4.78, 5) is 12.1. The molecule has 0 fully saturated rings. The van der Waals surface area contributed by atoms with E-state index >= 15 is 0 Å². The predicted molar refractivity (Wildman–Crippen MR) is 79.5 cm³/mol. The van der Waals surface area contributed by atoms with Gasteiger partial charge in [-0.25, -0.2) is 4.79 Å². The molecule has 0 aliphatic heterocycles. The fourth-order valence-electron chi connectivity index (χ4n) is 1.86. The molecule has 2 rings (SSSR count). The normalized spacial score (nSPS) is 10.2. The Labute approximate surface area is 121 Å². The molecule has 2 aromatic rings. The summed E-state index contributed by atoms with van der Waals surface area (Å²) >= 11 is 3.36. The van der Waals surface area contributed by atoms with Crippen molar-refractivity contribution < 1.29 is 9.53 Å². The van der Waals surface area contributed by atoms with Crippen LogP contribution in [-0.4, -0.2) is 5.97 Å². The maximum absolute atomic E-state index is 12.1. The molecule has 0 bridgehead atoms. The summed E-state index contributed by atoms with van der Waals surface area (Å²) in [6.07, 6.45) is 1.92. The summed E-state index contributed by atoms with van der Waals surface area (Å²) in [6, 6.07) is 14.9. The first kappa shape index (κ1) is 13.8. The summed E-state index contributed by atoms with van der Waals surface area (Å²) in [5, 5.41) is 0. The number of benzene rings is 2. The number of carbonyl (C=O) groups is 1. The zero-order valence-electron chi connectivity index (χ0n) is 10.7. The second-order valence-electron chi connectivity index (χ2n) is 4.23. The Bertz CT molecular complexity index is 578. The van der Waals surface area contributed by atoms with E-state index in [1.807, 2.05) is 42.5 Å². The number of rotatable bonds is 4. The molecule has 0 saturated heterocycles. The molecule has 0 aromatic heterocycles. The van der Waals surface area contributed by atoms with Gasteiger partial charge in [0.15, 0.2) is 0 Å². The van der Waals surface area contributed by atoms with E-state index in [1.54, 1.807) is 6.07 Å². The maximum atomic E-state index is 12.1. The number of ether oxygens (including phenoxy) is 1. The third-order valence-electron chi connectivity index (χ3n) is 2.79. The van der Waals surface area contributed by atoms with Gasteiger partial charge < -0.3 is 4.74 Å². The van der Waals surface area contributed by atoms with Crippen molar-refractivity contribution in [3.63, 3.8) is 0 Å². The highest BCUT2D eigenvalue weighted by atomic mass is 79.9. The lowest BCUT2D eigenvalue weighted by Crippen LogP contribution is -2.10. The molecule has 0 heterocycles. The molecule has 2 nitrogen and oxygen atoms in total. The summed E-state index contributed by atoms with van der Waals surface area (Å²) in [7, 11) is 0. The Morgan fingerprint density at radius 3 is 2.53 bits per heavy atom. The molecule has 0 atom stereocenters. The lowest BCUT2D eigenvalue weighted by molar-refractivity contribution is 0.0732. The average Bonchev–Trinajstić information content (AvgIpc) is 2.41. The van der Waals surface area contributed by atoms with Gasteiger partial charge in [0.05, 0.1) is 5.56 Å². The van der Waals surface area contributed by atoms with Crippen LogP contribution in [0.25, 0.3) is 0 Å².